The first kappa shape index (κ1) is 14.3. The predicted molar refractivity (Wildman–Crippen MR) is 87.7 cm³/mol. The second-order valence-corrected chi connectivity index (χ2v) is 5.53. The largest absolute Gasteiger partial charge is 0.337 e. The maximum atomic E-state index is 12.0. The van der Waals surface area contributed by atoms with E-state index in [1.54, 1.807) is 0 Å². The molecule has 3 rings (SSSR count). The highest BCUT2D eigenvalue weighted by atomic mass is 16.2. The van der Waals surface area contributed by atoms with Crippen molar-refractivity contribution in [3.8, 4) is 0 Å². The van der Waals surface area contributed by atoms with E-state index in [4.69, 9.17) is 0 Å². The zero-order valence-corrected chi connectivity index (χ0v) is 12.6. The van der Waals surface area contributed by atoms with Crippen molar-refractivity contribution in [3.05, 3.63) is 66.2 Å². The number of carbonyl (C=O) groups excluding carboxylic acids is 1. The average Bonchev–Trinajstić information content (AvgIpc) is 2.54. The van der Waals surface area contributed by atoms with Gasteiger partial charge in [-0.2, -0.15) is 0 Å². The van der Waals surface area contributed by atoms with Gasteiger partial charge in [-0.3, -0.25) is 10.1 Å². The quantitative estimate of drug-likeness (QED) is 0.945. The number of guanidine groups is 1. The van der Waals surface area contributed by atoms with Crippen molar-refractivity contribution >= 4 is 17.6 Å². The number of amides is 1. The number of para-hydroxylation sites is 1. The van der Waals surface area contributed by atoms with Gasteiger partial charge in [-0.15, -0.1) is 0 Å². The highest BCUT2D eigenvalue weighted by Gasteiger charge is 2.27. The molecule has 1 saturated heterocycles. The minimum Gasteiger partial charge on any atom is -0.337 e. The van der Waals surface area contributed by atoms with Crippen molar-refractivity contribution < 1.29 is 4.79 Å². The Bertz CT molecular complexity index is 667. The molecule has 4 heteroatoms. The summed E-state index contributed by atoms with van der Waals surface area (Å²) in [5, 5.41) is 2.92. The summed E-state index contributed by atoms with van der Waals surface area (Å²) in [7, 11) is 0. The van der Waals surface area contributed by atoms with Crippen molar-refractivity contribution in [3.63, 3.8) is 0 Å². The van der Waals surface area contributed by atoms with Crippen LogP contribution in [0.4, 0.5) is 5.69 Å². The Morgan fingerprint density at radius 2 is 1.73 bits per heavy atom. The zero-order chi connectivity index (χ0) is 15.4. The number of nitrogens with one attached hydrogen (secondary N) is 1. The fraction of sp³-hybridized carbons (Fsp3) is 0.222. The van der Waals surface area contributed by atoms with E-state index in [0.717, 1.165) is 12.2 Å². The standard InChI is InChI=1S/C18H19N3O/c1-14-12-21(13-15-8-4-2-5-9-15)18(20-17(14)22)19-16-10-6-3-7-11-16/h2-11,14H,12-13H2,1H3,(H,19,20,22). The molecule has 2 aromatic rings. The molecule has 112 valence electrons. The first-order valence-electron chi connectivity index (χ1n) is 7.46. The molecular weight excluding hydrogens is 274 g/mol. The monoisotopic (exact) mass is 293 g/mol. The second kappa shape index (κ2) is 6.43. The fourth-order valence-corrected chi connectivity index (χ4v) is 2.48. The first-order chi connectivity index (χ1) is 10.7. The summed E-state index contributed by atoms with van der Waals surface area (Å²) in [6.45, 7) is 3.34. The lowest BCUT2D eigenvalue weighted by Crippen LogP contribution is -2.54. The molecule has 0 radical (unpaired) electrons. The normalized spacial score (nSPS) is 20.0. The lowest BCUT2D eigenvalue weighted by Gasteiger charge is -2.33. The number of hydrogen-bond acceptors (Lipinski definition) is 2. The van der Waals surface area contributed by atoms with Crippen molar-refractivity contribution in [1.29, 1.82) is 0 Å². The van der Waals surface area contributed by atoms with Gasteiger partial charge < -0.3 is 4.90 Å². The van der Waals surface area contributed by atoms with E-state index in [2.05, 4.69) is 27.3 Å². The van der Waals surface area contributed by atoms with Gasteiger partial charge in [-0.25, -0.2) is 4.99 Å². The van der Waals surface area contributed by atoms with Crippen molar-refractivity contribution in [2.45, 2.75) is 13.5 Å². The summed E-state index contributed by atoms with van der Waals surface area (Å²) in [6, 6.07) is 19.9. The molecule has 0 aromatic heterocycles. The molecule has 1 N–H and O–H groups in total. The van der Waals surface area contributed by atoms with Crippen molar-refractivity contribution in [1.82, 2.24) is 10.2 Å². The smallest absolute Gasteiger partial charge is 0.231 e. The van der Waals surface area contributed by atoms with Crippen LogP contribution in [-0.4, -0.2) is 23.3 Å². The van der Waals surface area contributed by atoms with Crippen LogP contribution in [0, 0.1) is 5.92 Å². The van der Waals surface area contributed by atoms with E-state index in [0.29, 0.717) is 12.5 Å². The van der Waals surface area contributed by atoms with Gasteiger partial charge in [-0.05, 0) is 17.7 Å². The van der Waals surface area contributed by atoms with Gasteiger partial charge in [0.15, 0.2) is 0 Å². The summed E-state index contributed by atoms with van der Waals surface area (Å²) in [5.41, 5.74) is 2.04. The third-order valence-electron chi connectivity index (χ3n) is 3.68. The molecule has 0 saturated carbocycles. The SMILES string of the molecule is CC1CN(Cc2ccccc2)C(=Nc2ccccc2)NC1=O. The highest BCUT2D eigenvalue weighted by molar-refractivity contribution is 6.01. The molecule has 1 unspecified atom stereocenters. The van der Waals surface area contributed by atoms with Crippen LogP contribution >= 0.6 is 0 Å². The minimum atomic E-state index is -0.0431. The third kappa shape index (κ3) is 3.34. The average molecular weight is 293 g/mol. The molecule has 1 aliphatic rings. The summed E-state index contributed by atoms with van der Waals surface area (Å²) < 4.78 is 0. The lowest BCUT2D eigenvalue weighted by molar-refractivity contribution is -0.124. The van der Waals surface area contributed by atoms with Gasteiger partial charge in [0.25, 0.3) is 0 Å². The number of carbonyl (C=O) groups is 1. The molecule has 0 bridgehead atoms. The Morgan fingerprint density at radius 1 is 1.09 bits per heavy atom. The van der Waals surface area contributed by atoms with Crippen molar-refractivity contribution in [2.75, 3.05) is 6.54 Å². The number of rotatable bonds is 3. The lowest BCUT2D eigenvalue weighted by atomic mass is 10.1. The van der Waals surface area contributed by atoms with Gasteiger partial charge >= 0.3 is 0 Å². The number of benzene rings is 2. The predicted octanol–water partition coefficient (Wildman–Crippen LogP) is 2.94. The van der Waals surface area contributed by atoms with Crippen LogP contribution in [-0.2, 0) is 11.3 Å². The van der Waals surface area contributed by atoms with Gasteiger partial charge in [0.2, 0.25) is 11.9 Å². The number of hydrogen-bond donors (Lipinski definition) is 1. The Hall–Kier alpha value is -2.62. The third-order valence-corrected chi connectivity index (χ3v) is 3.68. The Balaban J connectivity index is 1.86. The fourth-order valence-electron chi connectivity index (χ4n) is 2.48. The van der Waals surface area contributed by atoms with E-state index in [1.807, 2.05) is 55.5 Å². The Labute approximate surface area is 130 Å². The number of aliphatic imine (C=N–C) groups is 1. The van der Waals surface area contributed by atoms with Crippen LogP contribution in [0.2, 0.25) is 0 Å². The summed E-state index contributed by atoms with van der Waals surface area (Å²) in [5.74, 6) is 0.607. The molecule has 1 atom stereocenters. The van der Waals surface area contributed by atoms with E-state index < -0.39 is 0 Å². The number of nitrogens with zero attached hydrogens (tertiary/aromatic N) is 2. The molecule has 1 fully saturated rings. The molecule has 1 aliphatic heterocycles. The summed E-state index contributed by atoms with van der Waals surface area (Å²) >= 11 is 0. The molecule has 0 aliphatic carbocycles. The van der Waals surface area contributed by atoms with E-state index >= 15 is 0 Å². The summed E-state index contributed by atoms with van der Waals surface area (Å²) in [6.07, 6.45) is 0. The minimum absolute atomic E-state index is 0.0268. The van der Waals surface area contributed by atoms with Crippen LogP contribution in [0.5, 0.6) is 0 Å². The van der Waals surface area contributed by atoms with Crippen LogP contribution in [0.3, 0.4) is 0 Å². The van der Waals surface area contributed by atoms with Gasteiger partial charge in [0.05, 0.1) is 11.6 Å². The maximum Gasteiger partial charge on any atom is 0.231 e. The molecule has 1 heterocycles. The van der Waals surface area contributed by atoms with Crippen LogP contribution in [0.25, 0.3) is 0 Å². The molecule has 1 amide bonds. The zero-order valence-electron chi connectivity index (χ0n) is 12.6. The molecular formula is C18H19N3O. The topological polar surface area (TPSA) is 44.7 Å². The van der Waals surface area contributed by atoms with Gasteiger partial charge in [0.1, 0.15) is 0 Å². The highest BCUT2D eigenvalue weighted by Crippen LogP contribution is 2.16. The Morgan fingerprint density at radius 3 is 2.41 bits per heavy atom. The van der Waals surface area contributed by atoms with Crippen LogP contribution in [0.15, 0.2) is 65.7 Å². The van der Waals surface area contributed by atoms with Crippen LogP contribution in [0.1, 0.15) is 12.5 Å². The van der Waals surface area contributed by atoms with E-state index in [9.17, 15) is 4.79 Å². The maximum absolute atomic E-state index is 12.0. The molecule has 4 nitrogen and oxygen atoms in total. The Kier molecular flexibility index (Phi) is 4.19. The molecule has 22 heavy (non-hydrogen) atoms. The molecule has 2 aromatic carbocycles. The van der Waals surface area contributed by atoms with Crippen LogP contribution < -0.4 is 5.32 Å². The van der Waals surface area contributed by atoms with Gasteiger partial charge in [-0.1, -0.05) is 55.5 Å². The second-order valence-electron chi connectivity index (χ2n) is 5.53. The van der Waals surface area contributed by atoms with E-state index in [1.165, 1.54) is 5.56 Å². The molecule has 0 spiro atoms. The van der Waals surface area contributed by atoms with Gasteiger partial charge in [0, 0.05) is 13.1 Å². The van der Waals surface area contributed by atoms with Crippen molar-refractivity contribution in [2.24, 2.45) is 10.9 Å². The van der Waals surface area contributed by atoms with E-state index in [-0.39, 0.29) is 11.8 Å². The summed E-state index contributed by atoms with van der Waals surface area (Å²) in [4.78, 5) is 18.7. The first-order valence-corrected chi connectivity index (χ1v) is 7.46.